The number of carbonyl (C=O) groups is 4. The first-order chi connectivity index (χ1) is 9.58. The SMILES string of the molecule is O=C(CCCCN1C(=O)C=CC1=O)ON1OCCC1=O. The molecule has 0 saturated carbocycles. The van der Waals surface area contributed by atoms with Crippen LogP contribution in [-0.4, -0.2) is 47.0 Å². The van der Waals surface area contributed by atoms with E-state index in [-0.39, 0.29) is 37.8 Å². The fourth-order valence-corrected chi connectivity index (χ4v) is 1.79. The van der Waals surface area contributed by atoms with Gasteiger partial charge in [0, 0.05) is 25.1 Å². The number of hydrogen-bond acceptors (Lipinski definition) is 6. The van der Waals surface area contributed by atoms with E-state index in [4.69, 9.17) is 9.68 Å². The van der Waals surface area contributed by atoms with E-state index < -0.39 is 11.9 Å². The molecule has 0 aliphatic carbocycles. The third-order valence-electron chi connectivity index (χ3n) is 2.83. The predicted molar refractivity (Wildman–Crippen MR) is 63.2 cm³/mol. The molecule has 1 fully saturated rings. The molecule has 2 aliphatic rings. The van der Waals surface area contributed by atoms with Crippen LogP contribution in [-0.2, 0) is 28.9 Å². The molecule has 108 valence electrons. The van der Waals surface area contributed by atoms with Crippen molar-refractivity contribution >= 4 is 23.7 Å². The van der Waals surface area contributed by atoms with Crippen LogP contribution in [0.5, 0.6) is 0 Å². The molecule has 20 heavy (non-hydrogen) atoms. The molecule has 0 aromatic carbocycles. The summed E-state index contributed by atoms with van der Waals surface area (Å²) in [6.45, 7) is 0.468. The Morgan fingerprint density at radius 1 is 1.20 bits per heavy atom. The second kappa shape index (κ2) is 6.29. The minimum Gasteiger partial charge on any atom is -0.312 e. The highest BCUT2D eigenvalue weighted by molar-refractivity contribution is 6.12. The molecule has 1 saturated heterocycles. The van der Waals surface area contributed by atoms with Crippen LogP contribution in [0.25, 0.3) is 0 Å². The lowest BCUT2D eigenvalue weighted by atomic mass is 10.2. The van der Waals surface area contributed by atoms with E-state index in [0.29, 0.717) is 18.1 Å². The van der Waals surface area contributed by atoms with Gasteiger partial charge in [0.15, 0.2) is 0 Å². The van der Waals surface area contributed by atoms with E-state index >= 15 is 0 Å². The molecule has 0 radical (unpaired) electrons. The summed E-state index contributed by atoms with van der Waals surface area (Å²) in [4.78, 5) is 55.6. The number of rotatable bonds is 6. The Balaban J connectivity index is 1.61. The third kappa shape index (κ3) is 3.41. The largest absolute Gasteiger partial charge is 0.335 e. The fraction of sp³-hybridized carbons (Fsp3) is 0.500. The van der Waals surface area contributed by atoms with Gasteiger partial charge in [0.2, 0.25) is 0 Å². The van der Waals surface area contributed by atoms with Gasteiger partial charge < -0.3 is 4.84 Å². The Bertz CT molecular complexity index is 455. The van der Waals surface area contributed by atoms with Crippen LogP contribution in [0.4, 0.5) is 0 Å². The molecule has 0 unspecified atom stereocenters. The molecule has 8 nitrogen and oxygen atoms in total. The van der Waals surface area contributed by atoms with Gasteiger partial charge in [-0.3, -0.25) is 19.3 Å². The van der Waals surface area contributed by atoms with E-state index in [1.807, 2.05) is 0 Å². The van der Waals surface area contributed by atoms with E-state index in [2.05, 4.69) is 0 Å². The van der Waals surface area contributed by atoms with Crippen LogP contribution in [0.1, 0.15) is 25.7 Å². The monoisotopic (exact) mass is 282 g/mol. The Kier molecular flexibility index (Phi) is 4.46. The Morgan fingerprint density at radius 2 is 1.90 bits per heavy atom. The third-order valence-corrected chi connectivity index (χ3v) is 2.83. The van der Waals surface area contributed by atoms with Crippen LogP contribution in [0.3, 0.4) is 0 Å². The molecule has 2 heterocycles. The lowest BCUT2D eigenvalue weighted by Gasteiger charge is -2.14. The van der Waals surface area contributed by atoms with Crippen LogP contribution in [0.15, 0.2) is 12.2 Å². The number of nitrogens with zero attached hydrogens (tertiary/aromatic N) is 2. The summed E-state index contributed by atoms with van der Waals surface area (Å²) in [5.41, 5.74) is 0. The summed E-state index contributed by atoms with van der Waals surface area (Å²) in [7, 11) is 0. The first-order valence-corrected chi connectivity index (χ1v) is 6.28. The van der Waals surface area contributed by atoms with Gasteiger partial charge in [-0.05, 0) is 18.1 Å². The zero-order valence-corrected chi connectivity index (χ0v) is 10.7. The van der Waals surface area contributed by atoms with Crippen molar-refractivity contribution in [2.24, 2.45) is 0 Å². The lowest BCUT2D eigenvalue weighted by Crippen LogP contribution is -2.31. The van der Waals surface area contributed by atoms with Crippen molar-refractivity contribution in [3.63, 3.8) is 0 Å². The summed E-state index contributed by atoms with van der Waals surface area (Å²) in [6, 6.07) is 0. The van der Waals surface area contributed by atoms with Gasteiger partial charge in [-0.15, -0.1) is 0 Å². The highest BCUT2D eigenvalue weighted by atomic mass is 17.0. The van der Waals surface area contributed by atoms with Crippen molar-refractivity contribution < 1.29 is 28.9 Å². The second-order valence-electron chi connectivity index (χ2n) is 4.32. The standard InChI is InChI=1S/C12H14N2O6/c15-9-4-5-10(16)13(9)7-2-1-3-12(18)20-14-11(17)6-8-19-14/h4-5H,1-3,6-8H2. The number of hydroxylamine groups is 2. The Morgan fingerprint density at radius 3 is 2.50 bits per heavy atom. The summed E-state index contributed by atoms with van der Waals surface area (Å²) in [5.74, 6) is -1.66. The summed E-state index contributed by atoms with van der Waals surface area (Å²) in [5, 5.41) is 0.597. The Labute approximate surface area is 114 Å². The van der Waals surface area contributed by atoms with Gasteiger partial charge in [-0.25, -0.2) is 9.63 Å². The summed E-state index contributed by atoms with van der Waals surface area (Å²) >= 11 is 0. The zero-order chi connectivity index (χ0) is 14.5. The van der Waals surface area contributed by atoms with Gasteiger partial charge in [0.25, 0.3) is 17.7 Å². The van der Waals surface area contributed by atoms with Gasteiger partial charge >= 0.3 is 5.97 Å². The molecule has 2 rings (SSSR count). The predicted octanol–water partition coefficient (Wildman–Crippen LogP) is -0.296. The molecule has 0 spiro atoms. The number of carbonyl (C=O) groups excluding carboxylic acids is 4. The number of amides is 3. The average Bonchev–Trinajstić information content (AvgIpc) is 2.94. The van der Waals surface area contributed by atoms with Gasteiger partial charge in [-0.1, -0.05) is 0 Å². The van der Waals surface area contributed by atoms with Crippen molar-refractivity contribution in [1.29, 1.82) is 0 Å². The molecule has 0 bridgehead atoms. The quantitative estimate of drug-likeness (QED) is 0.490. The second-order valence-corrected chi connectivity index (χ2v) is 4.32. The average molecular weight is 282 g/mol. The highest BCUT2D eigenvalue weighted by Gasteiger charge is 2.26. The minimum absolute atomic E-state index is 0.0801. The van der Waals surface area contributed by atoms with Crippen molar-refractivity contribution in [2.45, 2.75) is 25.7 Å². The fourth-order valence-electron chi connectivity index (χ4n) is 1.79. The maximum Gasteiger partial charge on any atom is 0.335 e. The van der Waals surface area contributed by atoms with Crippen LogP contribution in [0, 0.1) is 0 Å². The smallest absolute Gasteiger partial charge is 0.312 e. The first kappa shape index (κ1) is 14.2. The molecule has 8 heteroatoms. The molecular formula is C12H14N2O6. The zero-order valence-electron chi connectivity index (χ0n) is 10.7. The number of imide groups is 1. The van der Waals surface area contributed by atoms with Crippen LogP contribution < -0.4 is 0 Å². The molecule has 0 N–H and O–H groups in total. The molecule has 0 aromatic heterocycles. The summed E-state index contributed by atoms with van der Waals surface area (Å²) < 4.78 is 0. The highest BCUT2D eigenvalue weighted by Crippen LogP contribution is 2.10. The van der Waals surface area contributed by atoms with E-state index in [1.54, 1.807) is 0 Å². The van der Waals surface area contributed by atoms with Crippen LogP contribution in [0.2, 0.25) is 0 Å². The minimum atomic E-state index is -0.586. The maximum absolute atomic E-state index is 11.4. The Hall–Kier alpha value is -2.22. The topological polar surface area (TPSA) is 93.2 Å². The van der Waals surface area contributed by atoms with Gasteiger partial charge in [-0.2, -0.15) is 0 Å². The molecular weight excluding hydrogens is 268 g/mol. The molecule has 3 amide bonds. The van der Waals surface area contributed by atoms with Crippen molar-refractivity contribution in [3.05, 3.63) is 12.2 Å². The van der Waals surface area contributed by atoms with Crippen molar-refractivity contribution in [2.75, 3.05) is 13.2 Å². The van der Waals surface area contributed by atoms with Crippen molar-refractivity contribution in [1.82, 2.24) is 10.1 Å². The van der Waals surface area contributed by atoms with E-state index in [9.17, 15) is 19.2 Å². The first-order valence-electron chi connectivity index (χ1n) is 6.28. The maximum atomic E-state index is 11.4. The lowest BCUT2D eigenvalue weighted by molar-refractivity contribution is -0.303. The molecule has 2 aliphatic heterocycles. The number of hydrogen-bond donors (Lipinski definition) is 0. The molecule has 0 aromatic rings. The van der Waals surface area contributed by atoms with E-state index in [1.165, 1.54) is 12.2 Å². The van der Waals surface area contributed by atoms with Crippen molar-refractivity contribution in [3.8, 4) is 0 Å². The van der Waals surface area contributed by atoms with Gasteiger partial charge in [0.05, 0.1) is 13.0 Å². The van der Waals surface area contributed by atoms with Gasteiger partial charge in [0.1, 0.15) is 0 Å². The molecule has 0 atom stereocenters. The normalized spacial score (nSPS) is 18.3. The van der Waals surface area contributed by atoms with E-state index in [0.717, 1.165) is 4.90 Å². The number of unbranched alkanes of at least 4 members (excludes halogenated alkanes) is 1. The van der Waals surface area contributed by atoms with Crippen LogP contribution >= 0.6 is 0 Å². The summed E-state index contributed by atoms with van der Waals surface area (Å²) in [6.07, 6.45) is 3.64.